The van der Waals surface area contributed by atoms with E-state index >= 15 is 0 Å². The second kappa shape index (κ2) is 6.65. The van der Waals surface area contributed by atoms with Crippen molar-refractivity contribution in [2.45, 2.75) is 6.18 Å². The molecule has 0 fully saturated rings. The van der Waals surface area contributed by atoms with Crippen LogP contribution in [0, 0.1) is 0 Å². The lowest BCUT2D eigenvalue weighted by Gasteiger charge is -2.09. The molecule has 0 saturated carbocycles. The van der Waals surface area contributed by atoms with Crippen LogP contribution >= 0.6 is 11.6 Å². The summed E-state index contributed by atoms with van der Waals surface area (Å²) >= 11 is 5.85. The Morgan fingerprint density at radius 3 is 2.55 bits per heavy atom. The van der Waals surface area contributed by atoms with Crippen LogP contribution in [0.4, 0.5) is 19.0 Å². The maximum absolute atomic E-state index is 12.4. The third-order valence-electron chi connectivity index (χ3n) is 2.55. The summed E-state index contributed by atoms with van der Waals surface area (Å²) in [5, 5.41) is 2.67. The van der Waals surface area contributed by atoms with Crippen LogP contribution < -0.4 is 10.1 Å². The van der Waals surface area contributed by atoms with Gasteiger partial charge in [-0.3, -0.25) is 4.79 Å². The van der Waals surface area contributed by atoms with E-state index in [9.17, 15) is 18.0 Å². The number of aromatic nitrogens is 1. The first-order chi connectivity index (χ1) is 10.4. The van der Waals surface area contributed by atoms with E-state index in [1.807, 2.05) is 0 Å². The van der Waals surface area contributed by atoms with Gasteiger partial charge in [-0.2, -0.15) is 13.2 Å². The lowest BCUT2D eigenvalue weighted by Crippen LogP contribution is -2.21. The lowest BCUT2D eigenvalue weighted by atomic mass is 10.3. The van der Waals surface area contributed by atoms with Gasteiger partial charge in [0.2, 0.25) is 0 Å². The van der Waals surface area contributed by atoms with Crippen LogP contribution in [0.2, 0.25) is 5.02 Å². The minimum Gasteiger partial charge on any atom is -0.482 e. The van der Waals surface area contributed by atoms with Crippen LogP contribution in [-0.4, -0.2) is 17.5 Å². The molecule has 22 heavy (non-hydrogen) atoms. The second-order valence-corrected chi connectivity index (χ2v) is 4.60. The number of alkyl halides is 3. The van der Waals surface area contributed by atoms with Crippen molar-refractivity contribution >= 4 is 23.3 Å². The lowest BCUT2D eigenvalue weighted by molar-refractivity contribution is -0.137. The van der Waals surface area contributed by atoms with E-state index in [2.05, 4.69) is 10.3 Å². The number of carbonyl (C=O) groups excluding carboxylic acids is 1. The molecular weight excluding hydrogens is 321 g/mol. The fourth-order valence-corrected chi connectivity index (χ4v) is 1.71. The normalized spacial score (nSPS) is 11.1. The molecule has 1 heterocycles. The van der Waals surface area contributed by atoms with Gasteiger partial charge in [0, 0.05) is 6.20 Å². The Balaban J connectivity index is 1.91. The van der Waals surface area contributed by atoms with Gasteiger partial charge in [0.25, 0.3) is 5.91 Å². The average molecular weight is 331 g/mol. The first kappa shape index (κ1) is 16.1. The Kier molecular flexibility index (Phi) is 4.87. The molecule has 0 unspecified atom stereocenters. The average Bonchev–Trinajstić information content (AvgIpc) is 2.46. The standard InChI is InChI=1S/C14H10ClF3N2O2/c15-10-3-1-2-4-11(10)22-8-13(21)20-12-6-5-9(7-19-12)14(16,17)18/h1-7H,8H2,(H,19,20,21). The Bertz CT molecular complexity index is 660. The highest BCUT2D eigenvalue weighted by Crippen LogP contribution is 2.28. The Morgan fingerprint density at radius 2 is 1.95 bits per heavy atom. The molecule has 0 saturated heterocycles. The van der Waals surface area contributed by atoms with Crippen LogP contribution in [0.1, 0.15) is 5.56 Å². The summed E-state index contributed by atoms with van der Waals surface area (Å²) < 4.78 is 42.3. The van der Waals surface area contributed by atoms with Crippen LogP contribution in [0.5, 0.6) is 5.75 Å². The van der Waals surface area contributed by atoms with Gasteiger partial charge in [-0.15, -0.1) is 0 Å². The van der Waals surface area contributed by atoms with Crippen LogP contribution in [-0.2, 0) is 11.0 Å². The highest BCUT2D eigenvalue weighted by molar-refractivity contribution is 6.32. The van der Waals surface area contributed by atoms with E-state index in [0.29, 0.717) is 17.0 Å². The SMILES string of the molecule is O=C(COc1ccccc1Cl)Nc1ccc(C(F)(F)F)cn1. The number of halogens is 4. The molecular formula is C14H10ClF3N2O2. The molecule has 0 aliphatic heterocycles. The third kappa shape index (κ3) is 4.36. The number of hydrogen-bond donors (Lipinski definition) is 1. The van der Waals surface area contributed by atoms with Gasteiger partial charge in [0.15, 0.2) is 6.61 Å². The number of nitrogens with zero attached hydrogens (tertiary/aromatic N) is 1. The summed E-state index contributed by atoms with van der Waals surface area (Å²) in [6.45, 7) is -0.341. The Morgan fingerprint density at radius 1 is 1.23 bits per heavy atom. The topological polar surface area (TPSA) is 51.2 Å². The number of carbonyl (C=O) groups is 1. The minimum atomic E-state index is -4.47. The maximum atomic E-state index is 12.4. The van der Waals surface area contributed by atoms with E-state index in [0.717, 1.165) is 12.1 Å². The van der Waals surface area contributed by atoms with Crippen molar-refractivity contribution in [2.24, 2.45) is 0 Å². The molecule has 0 aliphatic carbocycles. The molecule has 2 rings (SSSR count). The Hall–Kier alpha value is -2.28. The summed E-state index contributed by atoms with van der Waals surface area (Å²) in [5.41, 5.74) is -0.891. The highest BCUT2D eigenvalue weighted by Gasteiger charge is 2.30. The number of amides is 1. The molecule has 4 nitrogen and oxygen atoms in total. The fraction of sp³-hybridized carbons (Fsp3) is 0.143. The molecule has 116 valence electrons. The van der Waals surface area contributed by atoms with E-state index in [1.165, 1.54) is 0 Å². The van der Waals surface area contributed by atoms with Gasteiger partial charge in [-0.25, -0.2) is 4.98 Å². The molecule has 0 radical (unpaired) electrons. The monoisotopic (exact) mass is 330 g/mol. The van der Waals surface area contributed by atoms with Crippen molar-refractivity contribution in [3.63, 3.8) is 0 Å². The van der Waals surface area contributed by atoms with Crippen molar-refractivity contribution in [1.82, 2.24) is 4.98 Å². The van der Waals surface area contributed by atoms with Crippen molar-refractivity contribution in [3.8, 4) is 5.75 Å². The summed E-state index contributed by atoms with van der Waals surface area (Å²) in [6.07, 6.45) is -3.83. The number of pyridine rings is 1. The van der Waals surface area contributed by atoms with Crippen LogP contribution in [0.25, 0.3) is 0 Å². The zero-order valence-electron chi connectivity index (χ0n) is 11.0. The van der Waals surface area contributed by atoms with Gasteiger partial charge in [-0.1, -0.05) is 23.7 Å². The largest absolute Gasteiger partial charge is 0.482 e. The first-order valence-electron chi connectivity index (χ1n) is 6.06. The number of anilines is 1. The fourth-order valence-electron chi connectivity index (χ4n) is 1.52. The van der Waals surface area contributed by atoms with Crippen LogP contribution in [0.15, 0.2) is 42.6 Å². The molecule has 1 amide bonds. The number of ether oxygens (including phenoxy) is 1. The summed E-state index contributed by atoms with van der Waals surface area (Å²) in [4.78, 5) is 15.2. The van der Waals surface area contributed by atoms with E-state index in [1.54, 1.807) is 24.3 Å². The third-order valence-corrected chi connectivity index (χ3v) is 2.87. The minimum absolute atomic E-state index is 0.000702. The van der Waals surface area contributed by atoms with Crippen molar-refractivity contribution in [1.29, 1.82) is 0 Å². The van der Waals surface area contributed by atoms with Crippen molar-refractivity contribution < 1.29 is 22.7 Å². The molecule has 1 aromatic heterocycles. The number of rotatable bonds is 4. The van der Waals surface area contributed by atoms with Gasteiger partial charge in [0.1, 0.15) is 11.6 Å². The molecule has 0 aliphatic rings. The van der Waals surface area contributed by atoms with E-state index in [4.69, 9.17) is 16.3 Å². The molecule has 8 heteroatoms. The molecule has 2 aromatic rings. The molecule has 1 N–H and O–H groups in total. The first-order valence-corrected chi connectivity index (χ1v) is 6.44. The summed E-state index contributed by atoms with van der Waals surface area (Å²) in [7, 11) is 0. The van der Waals surface area contributed by atoms with Gasteiger partial charge in [-0.05, 0) is 24.3 Å². The quantitative estimate of drug-likeness (QED) is 0.928. The highest BCUT2D eigenvalue weighted by atomic mass is 35.5. The smallest absolute Gasteiger partial charge is 0.417 e. The van der Waals surface area contributed by atoms with Gasteiger partial charge < -0.3 is 10.1 Å². The van der Waals surface area contributed by atoms with E-state index in [-0.39, 0.29) is 12.4 Å². The number of nitrogens with one attached hydrogen (secondary N) is 1. The molecule has 0 bridgehead atoms. The second-order valence-electron chi connectivity index (χ2n) is 4.20. The predicted octanol–water partition coefficient (Wildman–Crippen LogP) is 3.77. The predicted molar refractivity (Wildman–Crippen MR) is 74.8 cm³/mol. The zero-order valence-corrected chi connectivity index (χ0v) is 11.8. The summed E-state index contributed by atoms with van der Waals surface area (Å²) in [5.74, 6) is -0.229. The molecule has 0 spiro atoms. The molecule has 0 atom stereocenters. The number of benzene rings is 1. The number of para-hydroxylation sites is 1. The van der Waals surface area contributed by atoms with Crippen molar-refractivity contribution in [3.05, 3.63) is 53.2 Å². The number of hydrogen-bond acceptors (Lipinski definition) is 3. The molecule has 1 aromatic carbocycles. The maximum Gasteiger partial charge on any atom is 0.417 e. The van der Waals surface area contributed by atoms with E-state index < -0.39 is 17.6 Å². The summed E-state index contributed by atoms with van der Waals surface area (Å²) in [6, 6.07) is 8.49. The van der Waals surface area contributed by atoms with Gasteiger partial charge in [0.05, 0.1) is 10.6 Å². The van der Waals surface area contributed by atoms with Crippen molar-refractivity contribution in [2.75, 3.05) is 11.9 Å². The Labute approximate surface area is 128 Å². The van der Waals surface area contributed by atoms with Crippen LogP contribution in [0.3, 0.4) is 0 Å². The zero-order chi connectivity index (χ0) is 16.2. The van der Waals surface area contributed by atoms with Gasteiger partial charge >= 0.3 is 6.18 Å².